The van der Waals surface area contributed by atoms with E-state index in [1.807, 2.05) is 12.1 Å². The van der Waals surface area contributed by atoms with Gasteiger partial charge in [-0.1, -0.05) is 12.8 Å². The molecule has 21 heavy (non-hydrogen) atoms. The average Bonchev–Trinajstić information content (AvgIpc) is 2.84. The first kappa shape index (κ1) is 14.3. The Morgan fingerprint density at radius 1 is 1.29 bits per heavy atom. The number of amides is 2. The van der Waals surface area contributed by atoms with E-state index >= 15 is 0 Å². The Balaban J connectivity index is 1.73. The van der Waals surface area contributed by atoms with Gasteiger partial charge >= 0.3 is 6.03 Å². The van der Waals surface area contributed by atoms with Crippen LogP contribution in [0.4, 0.5) is 10.6 Å². The smallest absolute Gasteiger partial charge is 0.320 e. The van der Waals surface area contributed by atoms with Crippen LogP contribution in [0.2, 0.25) is 0 Å². The molecular weight excluding hydrogens is 332 g/mol. The van der Waals surface area contributed by atoms with Crippen LogP contribution < -0.4 is 10.6 Å². The number of nitrogens with zero attached hydrogens (tertiary/aromatic N) is 2. The van der Waals surface area contributed by atoms with Gasteiger partial charge in [0.25, 0.3) is 0 Å². The van der Waals surface area contributed by atoms with Gasteiger partial charge in [0.1, 0.15) is 5.82 Å². The van der Waals surface area contributed by atoms with Crippen molar-refractivity contribution in [1.82, 2.24) is 15.3 Å². The van der Waals surface area contributed by atoms with Crippen LogP contribution in [0.25, 0.3) is 11.0 Å². The SMILES string of the molecule is CC1(NC(=O)Nc2ccc3ncc(Br)cc3n2)CCCC1. The largest absolute Gasteiger partial charge is 0.333 e. The van der Waals surface area contributed by atoms with E-state index in [1.165, 1.54) is 12.8 Å². The third-order valence-electron chi connectivity index (χ3n) is 3.87. The molecule has 0 saturated heterocycles. The lowest BCUT2D eigenvalue weighted by Gasteiger charge is -2.25. The number of carbonyl (C=O) groups is 1. The number of hydrogen-bond donors (Lipinski definition) is 2. The molecule has 0 bridgehead atoms. The van der Waals surface area contributed by atoms with E-state index in [-0.39, 0.29) is 11.6 Å². The minimum atomic E-state index is -0.200. The summed E-state index contributed by atoms with van der Waals surface area (Å²) in [5, 5.41) is 5.85. The van der Waals surface area contributed by atoms with Crippen molar-refractivity contribution in [3.63, 3.8) is 0 Å². The summed E-state index contributed by atoms with van der Waals surface area (Å²) in [5.41, 5.74) is 1.45. The van der Waals surface area contributed by atoms with Gasteiger partial charge in [-0.2, -0.15) is 0 Å². The zero-order valence-corrected chi connectivity index (χ0v) is 13.4. The Morgan fingerprint density at radius 3 is 2.81 bits per heavy atom. The highest BCUT2D eigenvalue weighted by atomic mass is 79.9. The fourth-order valence-electron chi connectivity index (χ4n) is 2.75. The number of halogens is 1. The predicted octanol–water partition coefficient (Wildman–Crippen LogP) is 3.85. The Labute approximate surface area is 131 Å². The summed E-state index contributed by atoms with van der Waals surface area (Å²) >= 11 is 3.37. The lowest BCUT2D eigenvalue weighted by molar-refractivity contribution is 0.239. The molecule has 0 spiro atoms. The summed E-state index contributed by atoms with van der Waals surface area (Å²) in [6.07, 6.45) is 6.13. The number of urea groups is 1. The molecule has 1 aliphatic carbocycles. The van der Waals surface area contributed by atoms with Gasteiger partial charge in [0.05, 0.1) is 11.0 Å². The highest BCUT2D eigenvalue weighted by Gasteiger charge is 2.30. The highest BCUT2D eigenvalue weighted by Crippen LogP contribution is 2.28. The zero-order valence-electron chi connectivity index (χ0n) is 11.8. The van der Waals surface area contributed by atoms with Crippen molar-refractivity contribution in [2.75, 3.05) is 5.32 Å². The van der Waals surface area contributed by atoms with Crippen molar-refractivity contribution in [3.05, 3.63) is 28.9 Å². The van der Waals surface area contributed by atoms with Crippen LogP contribution in [0, 0.1) is 0 Å². The Morgan fingerprint density at radius 2 is 2.05 bits per heavy atom. The number of fused-ring (bicyclic) bond motifs is 1. The summed E-state index contributed by atoms with van der Waals surface area (Å²) < 4.78 is 0.863. The van der Waals surface area contributed by atoms with Crippen molar-refractivity contribution in [3.8, 4) is 0 Å². The second-order valence-electron chi connectivity index (χ2n) is 5.74. The lowest BCUT2D eigenvalue weighted by atomic mass is 10.0. The molecule has 2 N–H and O–H groups in total. The zero-order chi connectivity index (χ0) is 14.9. The molecule has 5 nitrogen and oxygen atoms in total. The quantitative estimate of drug-likeness (QED) is 0.866. The van der Waals surface area contributed by atoms with Crippen molar-refractivity contribution in [2.24, 2.45) is 0 Å². The number of aromatic nitrogens is 2. The fourth-order valence-corrected chi connectivity index (χ4v) is 3.07. The number of carbonyl (C=O) groups excluding carboxylic acids is 1. The van der Waals surface area contributed by atoms with Gasteiger partial charge in [-0.25, -0.2) is 9.78 Å². The first-order valence-corrected chi connectivity index (χ1v) is 7.85. The van der Waals surface area contributed by atoms with Crippen molar-refractivity contribution < 1.29 is 4.79 Å². The topological polar surface area (TPSA) is 66.9 Å². The van der Waals surface area contributed by atoms with Gasteiger partial charge < -0.3 is 5.32 Å². The molecule has 1 aliphatic rings. The summed E-state index contributed by atoms with van der Waals surface area (Å²) in [6.45, 7) is 2.09. The minimum absolute atomic E-state index is 0.0918. The van der Waals surface area contributed by atoms with Gasteiger partial charge in [0.15, 0.2) is 0 Å². The molecule has 0 radical (unpaired) electrons. The first-order valence-electron chi connectivity index (χ1n) is 7.06. The van der Waals surface area contributed by atoms with E-state index in [1.54, 1.807) is 12.3 Å². The third-order valence-corrected chi connectivity index (χ3v) is 4.30. The second-order valence-corrected chi connectivity index (χ2v) is 6.65. The van der Waals surface area contributed by atoms with E-state index in [9.17, 15) is 4.79 Å². The van der Waals surface area contributed by atoms with E-state index in [0.29, 0.717) is 5.82 Å². The number of hydrogen-bond acceptors (Lipinski definition) is 3. The Kier molecular flexibility index (Phi) is 3.80. The van der Waals surface area contributed by atoms with Gasteiger partial charge in [0.2, 0.25) is 0 Å². The van der Waals surface area contributed by atoms with Crippen LogP contribution in [0.5, 0.6) is 0 Å². The van der Waals surface area contributed by atoms with Crippen LogP contribution in [-0.4, -0.2) is 21.5 Å². The van der Waals surface area contributed by atoms with Crippen LogP contribution in [0.15, 0.2) is 28.9 Å². The molecule has 1 saturated carbocycles. The number of rotatable bonds is 2. The van der Waals surface area contributed by atoms with Crippen molar-refractivity contribution >= 4 is 38.8 Å². The molecule has 0 unspecified atom stereocenters. The highest BCUT2D eigenvalue weighted by molar-refractivity contribution is 9.10. The van der Waals surface area contributed by atoms with E-state index in [0.717, 1.165) is 28.3 Å². The molecule has 6 heteroatoms. The number of pyridine rings is 2. The van der Waals surface area contributed by atoms with E-state index in [2.05, 4.69) is 43.5 Å². The molecule has 3 rings (SSSR count). The summed E-state index contributed by atoms with van der Waals surface area (Å²) in [6, 6.07) is 5.29. The normalized spacial score (nSPS) is 16.9. The van der Waals surface area contributed by atoms with Crippen LogP contribution in [-0.2, 0) is 0 Å². The van der Waals surface area contributed by atoms with Crippen LogP contribution in [0.3, 0.4) is 0 Å². The molecular formula is C15H17BrN4O. The molecule has 2 amide bonds. The van der Waals surface area contributed by atoms with Crippen molar-refractivity contribution in [1.29, 1.82) is 0 Å². The molecule has 0 aromatic carbocycles. The maximum Gasteiger partial charge on any atom is 0.320 e. The van der Waals surface area contributed by atoms with Gasteiger partial charge in [0, 0.05) is 16.2 Å². The fraction of sp³-hybridized carbons (Fsp3) is 0.400. The standard InChI is InChI=1S/C15H17BrN4O/c1-15(6-2-3-7-15)20-14(21)19-13-5-4-11-12(18-13)8-10(16)9-17-11/h4-5,8-9H,2-3,6-7H2,1H3,(H2,18,19,20,21). The molecule has 1 fully saturated rings. The van der Waals surface area contributed by atoms with Gasteiger partial charge in [-0.15, -0.1) is 0 Å². The lowest BCUT2D eigenvalue weighted by Crippen LogP contribution is -2.45. The minimum Gasteiger partial charge on any atom is -0.333 e. The van der Waals surface area contributed by atoms with Crippen LogP contribution in [0.1, 0.15) is 32.6 Å². The molecule has 110 valence electrons. The molecule has 2 heterocycles. The Hall–Kier alpha value is -1.69. The predicted molar refractivity (Wildman–Crippen MR) is 86.3 cm³/mol. The maximum atomic E-state index is 12.1. The van der Waals surface area contributed by atoms with Gasteiger partial charge in [-0.3, -0.25) is 10.3 Å². The first-order chi connectivity index (χ1) is 10.0. The molecule has 2 aromatic heterocycles. The van der Waals surface area contributed by atoms with E-state index < -0.39 is 0 Å². The monoisotopic (exact) mass is 348 g/mol. The van der Waals surface area contributed by atoms with E-state index in [4.69, 9.17) is 0 Å². The molecule has 2 aromatic rings. The number of nitrogens with one attached hydrogen (secondary N) is 2. The third kappa shape index (κ3) is 3.32. The average molecular weight is 349 g/mol. The summed E-state index contributed by atoms with van der Waals surface area (Å²) in [4.78, 5) is 20.8. The summed E-state index contributed by atoms with van der Waals surface area (Å²) in [7, 11) is 0. The van der Waals surface area contributed by atoms with Gasteiger partial charge in [-0.05, 0) is 53.9 Å². The molecule has 0 atom stereocenters. The summed E-state index contributed by atoms with van der Waals surface area (Å²) in [5.74, 6) is 0.529. The maximum absolute atomic E-state index is 12.1. The number of anilines is 1. The molecule has 0 aliphatic heterocycles. The van der Waals surface area contributed by atoms with Crippen molar-refractivity contribution in [2.45, 2.75) is 38.1 Å². The second kappa shape index (κ2) is 5.60. The van der Waals surface area contributed by atoms with Crippen LogP contribution >= 0.6 is 15.9 Å². The Bertz CT molecular complexity index is 682.